The summed E-state index contributed by atoms with van der Waals surface area (Å²) in [6, 6.07) is 13.2. The van der Waals surface area contributed by atoms with Gasteiger partial charge in [0.15, 0.2) is 16.8 Å². The van der Waals surface area contributed by atoms with Crippen LogP contribution in [-0.2, 0) is 16.0 Å². The molecule has 5 rings (SSSR count). The Hall–Kier alpha value is -3.85. The van der Waals surface area contributed by atoms with Crippen LogP contribution in [0.15, 0.2) is 48.5 Å². The molecule has 0 radical (unpaired) electrons. The van der Waals surface area contributed by atoms with Crippen molar-refractivity contribution in [3.63, 3.8) is 0 Å². The van der Waals surface area contributed by atoms with Gasteiger partial charge in [-0.1, -0.05) is 23.7 Å². The third kappa shape index (κ3) is 3.27. The maximum atomic E-state index is 13.5. The second kappa shape index (κ2) is 7.69. The van der Waals surface area contributed by atoms with E-state index in [4.69, 9.17) is 16.3 Å². The highest BCUT2D eigenvalue weighted by molar-refractivity contribution is 6.30. The summed E-state index contributed by atoms with van der Waals surface area (Å²) < 4.78 is 21.5. The van der Waals surface area contributed by atoms with Crippen molar-refractivity contribution >= 4 is 34.4 Å². The van der Waals surface area contributed by atoms with Crippen LogP contribution in [0.2, 0.25) is 5.02 Å². The first-order valence-electron chi connectivity index (χ1n) is 9.68. The van der Waals surface area contributed by atoms with E-state index in [1.54, 1.807) is 27.4 Å². The van der Waals surface area contributed by atoms with Crippen molar-refractivity contribution in [2.45, 2.75) is 13.3 Å². The summed E-state index contributed by atoms with van der Waals surface area (Å²) in [5.41, 5.74) is 4.71. The van der Waals surface area contributed by atoms with Gasteiger partial charge >= 0.3 is 5.97 Å². The molecule has 0 bridgehead atoms. The molecule has 2 aromatic carbocycles. The van der Waals surface area contributed by atoms with Gasteiger partial charge in [-0.25, -0.2) is 9.07 Å². The minimum absolute atomic E-state index is 0.0945. The average molecular weight is 451 g/mol. The predicted octanol–water partition coefficient (Wildman–Crippen LogP) is 3.95. The Balaban J connectivity index is 1.83. The molecular formula is C22H16ClFN6O2. The number of ether oxygens (including phenoxy) is 1. The van der Waals surface area contributed by atoms with E-state index in [0.29, 0.717) is 33.2 Å². The van der Waals surface area contributed by atoms with Gasteiger partial charge < -0.3 is 4.74 Å². The molecule has 5 aromatic rings. The van der Waals surface area contributed by atoms with Gasteiger partial charge in [0.25, 0.3) is 0 Å². The number of carbonyl (C=O) groups excluding carboxylic acids is 1. The van der Waals surface area contributed by atoms with Gasteiger partial charge in [-0.15, -0.1) is 10.2 Å². The lowest BCUT2D eigenvalue weighted by atomic mass is 10.1. The minimum Gasteiger partial charge on any atom is -0.469 e. The summed E-state index contributed by atoms with van der Waals surface area (Å²) in [6.45, 7) is 1.87. The fraction of sp³-hybridized carbons (Fsp3) is 0.136. The summed E-state index contributed by atoms with van der Waals surface area (Å²) in [5.74, 6) is -0.836. The van der Waals surface area contributed by atoms with Crippen molar-refractivity contribution in [3.8, 4) is 16.8 Å². The van der Waals surface area contributed by atoms with Gasteiger partial charge in [0.2, 0.25) is 0 Å². The molecule has 0 atom stereocenters. The minimum atomic E-state index is -0.464. The average Bonchev–Trinajstić information content (AvgIpc) is 3.31. The Morgan fingerprint density at radius 2 is 1.91 bits per heavy atom. The van der Waals surface area contributed by atoms with E-state index >= 15 is 0 Å². The zero-order valence-electron chi connectivity index (χ0n) is 17.1. The number of aromatic nitrogens is 6. The maximum absolute atomic E-state index is 13.5. The van der Waals surface area contributed by atoms with Crippen molar-refractivity contribution < 1.29 is 13.9 Å². The second-order valence-corrected chi connectivity index (χ2v) is 7.60. The molecule has 32 heavy (non-hydrogen) atoms. The first kappa shape index (κ1) is 20.1. The number of benzene rings is 2. The topological polar surface area (TPSA) is 87.2 Å². The lowest BCUT2D eigenvalue weighted by Crippen LogP contribution is -2.06. The van der Waals surface area contributed by atoms with E-state index < -0.39 is 5.97 Å². The Morgan fingerprint density at radius 3 is 2.62 bits per heavy atom. The molecule has 0 aliphatic carbocycles. The van der Waals surface area contributed by atoms with Crippen molar-refractivity contribution in [1.82, 2.24) is 29.6 Å². The number of aryl methyl sites for hydroxylation is 1. The van der Waals surface area contributed by atoms with Crippen LogP contribution in [0.5, 0.6) is 0 Å². The molecule has 0 spiro atoms. The highest BCUT2D eigenvalue weighted by atomic mass is 35.5. The van der Waals surface area contributed by atoms with Crippen LogP contribution in [0.4, 0.5) is 4.39 Å². The van der Waals surface area contributed by atoms with E-state index in [2.05, 4.69) is 20.4 Å². The Kier molecular flexibility index (Phi) is 4.82. The molecule has 8 nitrogen and oxygen atoms in total. The van der Waals surface area contributed by atoms with Crippen LogP contribution in [0.1, 0.15) is 11.4 Å². The summed E-state index contributed by atoms with van der Waals surface area (Å²) in [4.78, 5) is 11.9. The monoisotopic (exact) mass is 450 g/mol. The summed E-state index contributed by atoms with van der Waals surface area (Å²) in [5, 5.41) is 18.6. The quantitative estimate of drug-likeness (QED) is 0.385. The smallest absolute Gasteiger partial charge is 0.311 e. The number of methoxy groups -OCH3 is 1. The van der Waals surface area contributed by atoms with Crippen LogP contribution in [0, 0.1) is 12.7 Å². The lowest BCUT2D eigenvalue weighted by Gasteiger charge is -2.04. The van der Waals surface area contributed by atoms with E-state index in [1.807, 2.05) is 25.1 Å². The van der Waals surface area contributed by atoms with Gasteiger partial charge in [-0.05, 0) is 48.9 Å². The molecular weight excluding hydrogens is 435 g/mol. The number of hydrogen-bond donors (Lipinski definition) is 0. The largest absolute Gasteiger partial charge is 0.469 e. The van der Waals surface area contributed by atoms with Gasteiger partial charge in [0.1, 0.15) is 11.5 Å². The molecule has 10 heteroatoms. The molecule has 0 unspecified atom stereocenters. The van der Waals surface area contributed by atoms with E-state index in [9.17, 15) is 9.18 Å². The lowest BCUT2D eigenvalue weighted by molar-refractivity contribution is -0.139. The summed E-state index contributed by atoms with van der Waals surface area (Å²) in [7, 11) is 1.31. The van der Waals surface area contributed by atoms with Gasteiger partial charge in [-0.3, -0.25) is 4.79 Å². The zero-order chi connectivity index (χ0) is 22.4. The van der Waals surface area contributed by atoms with Gasteiger partial charge in [-0.2, -0.15) is 14.7 Å². The Bertz CT molecular complexity index is 1490. The van der Waals surface area contributed by atoms with Crippen LogP contribution in [-0.4, -0.2) is 42.7 Å². The van der Waals surface area contributed by atoms with Crippen molar-refractivity contribution in [1.29, 1.82) is 0 Å². The highest BCUT2D eigenvalue weighted by Gasteiger charge is 2.23. The molecule has 0 saturated heterocycles. The maximum Gasteiger partial charge on any atom is 0.311 e. The molecule has 0 aliphatic rings. The summed E-state index contributed by atoms with van der Waals surface area (Å²) >= 11 is 6.19. The van der Waals surface area contributed by atoms with Crippen LogP contribution in [0.25, 0.3) is 33.6 Å². The zero-order valence-corrected chi connectivity index (χ0v) is 17.8. The molecule has 0 aliphatic heterocycles. The van der Waals surface area contributed by atoms with Gasteiger partial charge in [0, 0.05) is 5.02 Å². The van der Waals surface area contributed by atoms with Crippen LogP contribution in [0.3, 0.4) is 0 Å². The Labute approximate surface area is 186 Å². The fourth-order valence-corrected chi connectivity index (χ4v) is 3.85. The first-order chi connectivity index (χ1) is 15.5. The van der Waals surface area contributed by atoms with Crippen molar-refractivity contribution in [2.75, 3.05) is 7.11 Å². The second-order valence-electron chi connectivity index (χ2n) is 7.17. The number of fused-ring (bicyclic) bond motifs is 3. The third-order valence-electron chi connectivity index (χ3n) is 5.11. The molecule has 160 valence electrons. The fourth-order valence-electron chi connectivity index (χ4n) is 3.66. The molecule has 0 N–H and O–H groups in total. The van der Waals surface area contributed by atoms with E-state index in [-0.39, 0.29) is 12.2 Å². The molecule has 3 aromatic heterocycles. The molecule has 0 saturated carbocycles. The van der Waals surface area contributed by atoms with Crippen LogP contribution >= 0.6 is 11.6 Å². The molecule has 0 fully saturated rings. The number of carbonyl (C=O) groups is 1. The SMILES string of the molecule is COC(=O)Cc1nn(-c2ccc(F)cc2)c2c1nnc1c(-c3cccc(Cl)c3)c(C)nn12. The number of halogens is 2. The third-order valence-corrected chi connectivity index (χ3v) is 5.35. The van der Waals surface area contributed by atoms with E-state index in [1.165, 1.54) is 19.2 Å². The highest BCUT2D eigenvalue weighted by Crippen LogP contribution is 2.31. The number of rotatable bonds is 4. The summed E-state index contributed by atoms with van der Waals surface area (Å²) in [6.07, 6.45) is -0.0945. The van der Waals surface area contributed by atoms with Gasteiger partial charge in [0.05, 0.1) is 30.5 Å². The standard InChI is InChI=1S/C22H16ClFN6O2/c1-12-19(13-4-3-5-14(23)10-13)21-26-25-20-17(11-18(31)32-2)28-29(22(20)30(21)27-12)16-8-6-15(24)7-9-16/h3-10H,11H2,1-2H3. The number of hydrogen-bond acceptors (Lipinski definition) is 6. The van der Waals surface area contributed by atoms with Crippen LogP contribution < -0.4 is 0 Å². The first-order valence-corrected chi connectivity index (χ1v) is 10.1. The molecule has 3 heterocycles. The number of esters is 1. The Morgan fingerprint density at radius 1 is 1.12 bits per heavy atom. The van der Waals surface area contributed by atoms with E-state index in [0.717, 1.165) is 16.8 Å². The normalized spacial score (nSPS) is 11.4. The molecule has 0 amide bonds. The predicted molar refractivity (Wildman–Crippen MR) is 116 cm³/mol. The number of nitrogens with zero attached hydrogens (tertiary/aromatic N) is 6. The van der Waals surface area contributed by atoms with Crippen molar-refractivity contribution in [3.05, 3.63) is 70.8 Å². The van der Waals surface area contributed by atoms with Crippen molar-refractivity contribution in [2.24, 2.45) is 0 Å².